The smallest absolute Gasteiger partial charge is 0.410 e. The van der Waals surface area contributed by atoms with E-state index < -0.39 is 5.60 Å². The highest BCUT2D eigenvalue weighted by atomic mass is 79.9. The molecule has 1 aliphatic heterocycles. The number of carbonyl (C=O) groups excluding carboxylic acids is 1. The largest absolute Gasteiger partial charge is 0.444 e. The molecule has 1 aromatic heterocycles. The average Bonchev–Trinajstić information content (AvgIpc) is 2.34. The fraction of sp³-hybridized carbons (Fsp3) is 0.600. The van der Waals surface area contributed by atoms with Crippen LogP contribution >= 0.6 is 27.5 Å². The summed E-state index contributed by atoms with van der Waals surface area (Å²) in [5.41, 5.74) is 0.496. The zero-order chi connectivity index (χ0) is 16.5. The summed E-state index contributed by atoms with van der Waals surface area (Å²) >= 11 is 9.37. The minimum Gasteiger partial charge on any atom is -0.444 e. The summed E-state index contributed by atoms with van der Waals surface area (Å²) in [4.78, 5) is 18.1. The Morgan fingerprint density at radius 3 is 2.73 bits per heavy atom. The van der Waals surface area contributed by atoms with Gasteiger partial charge in [0.2, 0.25) is 0 Å². The standard InChI is InChI=1S/C15H21BrClN3O2/c1-9-7-20(14(21)22-15(2,3)4)8-11(18-9)10-5-12(16)19-13(17)6-10/h5-6,9,11,18H,7-8H2,1-4H3/t9-,11-/m0/s1. The molecule has 0 saturated carbocycles. The Morgan fingerprint density at radius 1 is 1.45 bits per heavy atom. The first kappa shape index (κ1) is 17.5. The zero-order valence-corrected chi connectivity index (χ0v) is 15.5. The molecule has 1 N–H and O–H groups in total. The predicted molar refractivity (Wildman–Crippen MR) is 90.1 cm³/mol. The van der Waals surface area contributed by atoms with Gasteiger partial charge in [-0.25, -0.2) is 9.78 Å². The molecule has 0 aromatic carbocycles. The third-order valence-corrected chi connectivity index (χ3v) is 3.82. The van der Waals surface area contributed by atoms with E-state index in [1.165, 1.54) is 0 Å². The van der Waals surface area contributed by atoms with Crippen molar-refractivity contribution < 1.29 is 9.53 Å². The van der Waals surface area contributed by atoms with Crippen LogP contribution < -0.4 is 5.32 Å². The second-order valence-electron chi connectivity index (χ2n) is 6.55. The van der Waals surface area contributed by atoms with E-state index in [0.29, 0.717) is 22.8 Å². The number of ether oxygens (including phenoxy) is 1. The number of amides is 1. The van der Waals surface area contributed by atoms with E-state index in [1.807, 2.05) is 39.8 Å². The molecule has 1 saturated heterocycles. The molecule has 1 fully saturated rings. The average molecular weight is 391 g/mol. The van der Waals surface area contributed by atoms with Gasteiger partial charge in [-0.05, 0) is 61.3 Å². The Morgan fingerprint density at radius 2 is 2.14 bits per heavy atom. The first-order valence-electron chi connectivity index (χ1n) is 7.21. The van der Waals surface area contributed by atoms with Gasteiger partial charge in [0, 0.05) is 19.1 Å². The van der Waals surface area contributed by atoms with Crippen molar-refractivity contribution in [3.8, 4) is 0 Å². The molecule has 0 spiro atoms. The summed E-state index contributed by atoms with van der Waals surface area (Å²) < 4.78 is 6.15. The number of aromatic nitrogens is 1. The number of piperazine rings is 1. The molecular weight excluding hydrogens is 370 g/mol. The fourth-order valence-corrected chi connectivity index (χ4v) is 3.21. The van der Waals surface area contributed by atoms with Crippen molar-refractivity contribution in [1.82, 2.24) is 15.2 Å². The molecule has 0 unspecified atom stereocenters. The number of halogens is 2. The number of pyridine rings is 1. The Balaban J connectivity index is 2.15. The van der Waals surface area contributed by atoms with Gasteiger partial charge in [-0.1, -0.05) is 11.6 Å². The molecule has 2 heterocycles. The predicted octanol–water partition coefficient (Wildman–Crippen LogP) is 3.77. The topological polar surface area (TPSA) is 54.5 Å². The second-order valence-corrected chi connectivity index (χ2v) is 7.75. The SMILES string of the molecule is C[C@H]1CN(C(=O)OC(C)(C)C)C[C@@H](c2cc(Cl)nc(Br)c2)N1. The van der Waals surface area contributed by atoms with Crippen LogP contribution in [0.4, 0.5) is 4.79 Å². The maximum absolute atomic E-state index is 12.3. The lowest BCUT2D eigenvalue weighted by molar-refractivity contribution is 0.0159. The minimum absolute atomic E-state index is 0.00642. The van der Waals surface area contributed by atoms with E-state index in [1.54, 1.807) is 4.90 Å². The summed E-state index contributed by atoms with van der Waals surface area (Å²) in [6.45, 7) is 8.80. The summed E-state index contributed by atoms with van der Waals surface area (Å²) in [5.74, 6) is 0. The van der Waals surface area contributed by atoms with E-state index in [9.17, 15) is 4.79 Å². The van der Waals surface area contributed by atoms with Crippen molar-refractivity contribution in [2.45, 2.75) is 45.4 Å². The number of hydrogen-bond donors (Lipinski definition) is 1. The van der Waals surface area contributed by atoms with Gasteiger partial charge >= 0.3 is 6.09 Å². The third kappa shape index (κ3) is 4.83. The Labute approximate surface area is 144 Å². The van der Waals surface area contributed by atoms with Crippen LogP contribution in [0.1, 0.15) is 39.3 Å². The van der Waals surface area contributed by atoms with E-state index >= 15 is 0 Å². The Bertz CT molecular complexity index is 542. The van der Waals surface area contributed by atoms with Crippen LogP contribution in [0, 0.1) is 0 Å². The Hall–Kier alpha value is -0.850. The molecule has 2 atom stereocenters. The molecule has 7 heteroatoms. The molecule has 1 aliphatic rings. The van der Waals surface area contributed by atoms with Crippen molar-refractivity contribution in [2.24, 2.45) is 0 Å². The molecular formula is C15H21BrClN3O2. The molecule has 5 nitrogen and oxygen atoms in total. The number of hydrogen-bond acceptors (Lipinski definition) is 4. The maximum Gasteiger partial charge on any atom is 0.410 e. The first-order chi connectivity index (χ1) is 10.1. The van der Waals surface area contributed by atoms with Crippen molar-refractivity contribution in [3.05, 3.63) is 27.5 Å². The van der Waals surface area contributed by atoms with Crippen LogP contribution in [0.5, 0.6) is 0 Å². The number of nitrogens with zero attached hydrogens (tertiary/aromatic N) is 2. The monoisotopic (exact) mass is 389 g/mol. The lowest BCUT2D eigenvalue weighted by Gasteiger charge is -2.38. The lowest BCUT2D eigenvalue weighted by atomic mass is 10.0. The highest BCUT2D eigenvalue weighted by molar-refractivity contribution is 9.10. The Kier molecular flexibility index (Phi) is 5.35. The van der Waals surface area contributed by atoms with Crippen molar-refractivity contribution in [3.63, 3.8) is 0 Å². The maximum atomic E-state index is 12.3. The van der Waals surface area contributed by atoms with E-state index in [0.717, 1.165) is 5.56 Å². The molecule has 22 heavy (non-hydrogen) atoms. The van der Waals surface area contributed by atoms with E-state index in [4.69, 9.17) is 16.3 Å². The molecule has 2 rings (SSSR count). The quantitative estimate of drug-likeness (QED) is 0.742. The van der Waals surface area contributed by atoms with Crippen LogP contribution in [-0.4, -0.2) is 40.7 Å². The van der Waals surface area contributed by atoms with Crippen LogP contribution in [0.2, 0.25) is 5.15 Å². The highest BCUT2D eigenvalue weighted by Crippen LogP contribution is 2.25. The summed E-state index contributed by atoms with van der Waals surface area (Å²) in [5, 5.41) is 3.90. The molecule has 0 radical (unpaired) electrons. The van der Waals surface area contributed by atoms with Gasteiger partial charge in [0.25, 0.3) is 0 Å². The van der Waals surface area contributed by atoms with Crippen LogP contribution in [0.25, 0.3) is 0 Å². The molecule has 0 bridgehead atoms. The molecule has 0 aliphatic carbocycles. The van der Waals surface area contributed by atoms with Crippen molar-refractivity contribution in [2.75, 3.05) is 13.1 Å². The van der Waals surface area contributed by atoms with Crippen LogP contribution in [0.15, 0.2) is 16.7 Å². The fourth-order valence-electron chi connectivity index (χ4n) is 2.44. The second kappa shape index (κ2) is 6.72. The third-order valence-electron chi connectivity index (χ3n) is 3.22. The van der Waals surface area contributed by atoms with Gasteiger partial charge in [-0.3, -0.25) is 0 Å². The number of rotatable bonds is 1. The van der Waals surface area contributed by atoms with Crippen LogP contribution in [-0.2, 0) is 4.74 Å². The summed E-state index contributed by atoms with van der Waals surface area (Å²) in [6.07, 6.45) is -0.287. The van der Waals surface area contributed by atoms with Gasteiger partial charge in [0.15, 0.2) is 0 Å². The van der Waals surface area contributed by atoms with E-state index in [2.05, 4.69) is 26.2 Å². The first-order valence-corrected chi connectivity index (χ1v) is 8.38. The zero-order valence-electron chi connectivity index (χ0n) is 13.2. The number of carbonyl (C=O) groups is 1. The summed E-state index contributed by atoms with van der Waals surface area (Å²) in [6, 6.07) is 3.88. The van der Waals surface area contributed by atoms with Crippen LogP contribution in [0.3, 0.4) is 0 Å². The van der Waals surface area contributed by atoms with Crippen molar-refractivity contribution >= 4 is 33.6 Å². The molecule has 122 valence electrons. The van der Waals surface area contributed by atoms with Gasteiger partial charge in [-0.2, -0.15) is 0 Å². The lowest BCUT2D eigenvalue weighted by Crippen LogP contribution is -2.53. The van der Waals surface area contributed by atoms with Gasteiger partial charge in [0.05, 0.1) is 6.04 Å². The number of nitrogens with one attached hydrogen (secondary N) is 1. The summed E-state index contributed by atoms with van der Waals surface area (Å²) in [7, 11) is 0. The highest BCUT2D eigenvalue weighted by Gasteiger charge is 2.31. The minimum atomic E-state index is -0.496. The molecule has 1 aromatic rings. The molecule has 1 amide bonds. The van der Waals surface area contributed by atoms with Gasteiger partial charge in [-0.15, -0.1) is 0 Å². The van der Waals surface area contributed by atoms with E-state index in [-0.39, 0.29) is 18.2 Å². The normalized spacial score (nSPS) is 22.5. The van der Waals surface area contributed by atoms with Gasteiger partial charge < -0.3 is 15.0 Å². The van der Waals surface area contributed by atoms with Crippen molar-refractivity contribution in [1.29, 1.82) is 0 Å². The van der Waals surface area contributed by atoms with Gasteiger partial charge in [0.1, 0.15) is 15.4 Å².